The number of hydroxylamine groups is 4. The largest absolute Gasteiger partial charge is 0.481 e. The van der Waals surface area contributed by atoms with Crippen molar-refractivity contribution in [3.8, 4) is 0 Å². The van der Waals surface area contributed by atoms with Crippen molar-refractivity contribution in [2.24, 2.45) is 35.5 Å². The first-order valence-electron chi connectivity index (χ1n) is 42.4. The molecule has 0 unspecified atom stereocenters. The number of carbonyl (C=O) groups is 10. The zero-order valence-electron chi connectivity index (χ0n) is 73.1. The molecule has 9 N–H and O–H groups in total. The number of ether oxygens (including phenoxy) is 3. The number of anilines is 1. The van der Waals surface area contributed by atoms with Crippen LogP contribution in [0.4, 0.5) is 5.69 Å². The second-order valence-corrected chi connectivity index (χ2v) is 34.8. The van der Waals surface area contributed by atoms with Gasteiger partial charge in [0.05, 0.1) is 55.8 Å². The number of hydrogen-bond donors (Lipinski definition) is 8. The molecule has 6 amide bonds. The molecule has 31 heteroatoms. The Morgan fingerprint density at radius 2 is 0.917 bits per heavy atom. The minimum Gasteiger partial charge on any atom is -0.481 e. The lowest BCUT2D eigenvalue weighted by molar-refractivity contribution is -0.214. The molecule has 664 valence electrons. The van der Waals surface area contributed by atoms with Gasteiger partial charge in [-0.15, -0.1) is 22.7 Å². The first-order valence-corrected chi connectivity index (χ1v) is 44.2. The molecule has 0 aliphatic carbocycles. The van der Waals surface area contributed by atoms with Gasteiger partial charge < -0.3 is 56.5 Å². The highest BCUT2D eigenvalue weighted by Crippen LogP contribution is 2.35. The lowest BCUT2D eigenvalue weighted by Crippen LogP contribution is -2.58. The van der Waals surface area contributed by atoms with E-state index in [9.17, 15) is 63.3 Å². The van der Waals surface area contributed by atoms with E-state index < -0.39 is 108 Å². The van der Waals surface area contributed by atoms with Crippen molar-refractivity contribution in [3.63, 3.8) is 0 Å². The second-order valence-electron chi connectivity index (χ2n) is 33.0. The molecule has 0 spiro atoms. The number of aliphatic carboxylic acids is 2. The molecule has 7 rings (SSSR count). The van der Waals surface area contributed by atoms with Gasteiger partial charge in [-0.05, 0) is 158 Å². The summed E-state index contributed by atoms with van der Waals surface area (Å²) in [5.74, 6) is -7.72. The smallest absolute Gasteiger partial charge is 0.306 e. The molecule has 14 atom stereocenters. The fraction of sp³-hybridized carbons (Fsp3) is 0.618. The van der Waals surface area contributed by atoms with Gasteiger partial charge in [-0.3, -0.25) is 67.4 Å². The van der Waals surface area contributed by atoms with Gasteiger partial charge in [0.2, 0.25) is 11.8 Å². The topological polar surface area (TPSA) is 390 Å². The molecular weight excluding hydrogens is 1580 g/mol. The van der Waals surface area contributed by atoms with E-state index in [0.29, 0.717) is 73.9 Å². The van der Waals surface area contributed by atoms with Crippen LogP contribution in [0.1, 0.15) is 244 Å². The number of nitrogens with one attached hydrogen (secondary N) is 4. The first kappa shape index (κ1) is 100.0. The molecule has 0 bridgehead atoms. The van der Waals surface area contributed by atoms with Crippen LogP contribution >= 0.6 is 22.7 Å². The fourth-order valence-electron chi connectivity index (χ4n) is 14.5. The van der Waals surface area contributed by atoms with E-state index in [1.165, 1.54) is 24.0 Å². The van der Waals surface area contributed by atoms with E-state index in [1.54, 1.807) is 24.6 Å². The second kappa shape index (κ2) is 50.6. The zero-order valence-corrected chi connectivity index (χ0v) is 74.8. The lowest BCUT2D eigenvalue weighted by atomic mass is 9.93. The number of carboxylic acids is 2. The van der Waals surface area contributed by atoms with Crippen LogP contribution in [0, 0.1) is 49.4 Å². The third kappa shape index (κ3) is 32.2. The number of piperidine rings is 2. The van der Waals surface area contributed by atoms with Crippen molar-refractivity contribution in [1.29, 1.82) is 0 Å². The standard InChI is InChI=1S/C48H70N6O9S.C41H63N5O9S/c1-9-32(5)43(52-45(57)40-13-10-11-22-53(40)8)47(58)54(62-24-12-23-61-28-36-18-20-37(49)21-19-36)41(30(2)3)27-42(63-34(7)55)46-51-39(29-64-46)44(56)50-38(25-33(6)48(59)60)26-35-16-14-31(4)15-17-35;1-9-27(5)36(44-38(50)33-13-10-11-18-45(33)8)40(51)46(54-20-12-19-47)34(25(2)3)23-35(55-29(7)48)39-43-32(24-56-39)37(49)42-31(21-28(6)41(52)53)22-30-16-14-26(4)15-17-30/h14-21,29-30,32-33,38,40-43H,9-13,22-28,49H2,1-8H3,(H,50,56)(H,52,57)(H,59,60);14-17,24-25,27-28,31,33-36,47H,9-13,18-23H2,1-8H3,(H,42,49)(H,44,50)(H,52,53)/t32-,33-,38+,40+,41+,42+,43-;27-,28-,31+,33+,34+,35+,36-/m00/s1. The number of rotatable bonds is 47. The number of aliphatic hydroxyl groups is 1. The van der Waals surface area contributed by atoms with Crippen molar-refractivity contribution >= 4 is 87.7 Å². The van der Waals surface area contributed by atoms with Gasteiger partial charge in [0, 0.05) is 68.4 Å². The number of benzene rings is 3. The van der Waals surface area contributed by atoms with Gasteiger partial charge >= 0.3 is 23.9 Å². The Labute approximate surface area is 716 Å². The van der Waals surface area contributed by atoms with Gasteiger partial charge in [0.25, 0.3) is 23.6 Å². The van der Waals surface area contributed by atoms with Crippen LogP contribution in [0.25, 0.3) is 0 Å². The summed E-state index contributed by atoms with van der Waals surface area (Å²) in [5.41, 5.74) is 11.7. The number of thiazole rings is 2. The number of carbonyl (C=O) groups excluding carboxylic acids is 8. The molecule has 2 aliphatic rings. The normalized spacial score (nSPS) is 17.5. The quantitative estimate of drug-likeness (QED) is 0.00776. The van der Waals surface area contributed by atoms with Crippen LogP contribution in [0.5, 0.6) is 0 Å². The third-order valence-corrected chi connectivity index (χ3v) is 24.2. The molecule has 2 aliphatic heterocycles. The highest BCUT2D eigenvalue weighted by atomic mass is 32.1. The summed E-state index contributed by atoms with van der Waals surface area (Å²) in [6.45, 7) is 27.5. The zero-order chi connectivity index (χ0) is 88.4. The van der Waals surface area contributed by atoms with Crippen LogP contribution in [-0.2, 0) is 81.7 Å². The number of nitrogen functional groups attached to an aromatic ring is 1. The van der Waals surface area contributed by atoms with Crippen LogP contribution in [0.3, 0.4) is 0 Å². The Balaban J connectivity index is 0.000000375. The maximum Gasteiger partial charge on any atom is 0.306 e. The molecule has 4 heterocycles. The molecule has 5 aromatic rings. The molecular formula is C89H133N11O18S2. The maximum atomic E-state index is 14.9. The number of hydrogen-bond acceptors (Lipinski definition) is 23. The van der Waals surface area contributed by atoms with E-state index in [0.717, 1.165) is 89.3 Å². The molecule has 120 heavy (non-hydrogen) atoms. The molecule has 3 aromatic carbocycles. The highest BCUT2D eigenvalue weighted by molar-refractivity contribution is 7.10. The van der Waals surface area contributed by atoms with E-state index >= 15 is 0 Å². The van der Waals surface area contributed by atoms with Gasteiger partial charge in [0.15, 0.2) is 12.2 Å². The molecule has 2 aromatic heterocycles. The predicted octanol–water partition coefficient (Wildman–Crippen LogP) is 12.0. The number of aryl methyl sites for hydroxylation is 2. The van der Waals surface area contributed by atoms with E-state index in [1.807, 2.05) is 166 Å². The number of likely N-dealkylation sites (N-methyl/N-ethyl adjacent to an activating group) is 2. The fourth-order valence-corrected chi connectivity index (χ4v) is 16.2. The lowest BCUT2D eigenvalue weighted by Gasteiger charge is -2.39. The maximum absolute atomic E-state index is 14.9. The summed E-state index contributed by atoms with van der Waals surface area (Å²) < 4.78 is 17.6. The summed E-state index contributed by atoms with van der Waals surface area (Å²) in [6, 6.07) is 18.2. The SMILES string of the molecule is CC[C@H](C)[C@H](NC(=O)[C@H]1CCCCN1C)C(=O)N(OCCCO)[C@H](C[C@@H](OC(C)=O)c1nc(C(=O)N[C@@H](Cc2ccc(C)cc2)C[C@H](C)C(=O)O)cs1)C(C)C.CC[C@H](C)[C@H](NC(=O)[C@H]1CCCCN1C)C(=O)N(OCCCOCc1ccc(N)cc1)[C@H](C[C@@H](OC(C)=O)c1nc(C(=O)N[C@@H](Cc2ccc(C)cc2)C[C@H](C)C(=O)O)cs1)C(C)C. The molecule has 2 saturated heterocycles. The average Bonchev–Trinajstić information content (AvgIpc) is 1.29. The van der Waals surface area contributed by atoms with Crippen LogP contribution in [-0.4, -0.2) is 206 Å². The number of nitrogens with zero attached hydrogens (tertiary/aromatic N) is 6. The van der Waals surface area contributed by atoms with Crippen LogP contribution in [0.15, 0.2) is 83.6 Å². The van der Waals surface area contributed by atoms with E-state index in [2.05, 4.69) is 31.2 Å². The van der Waals surface area contributed by atoms with Crippen molar-refractivity contribution in [1.82, 2.24) is 51.2 Å². The molecule has 0 radical (unpaired) electrons. The highest BCUT2D eigenvalue weighted by Gasteiger charge is 2.43. The molecule has 0 saturated carbocycles. The van der Waals surface area contributed by atoms with Crippen molar-refractivity contribution in [2.75, 3.05) is 59.3 Å². The number of carboxylic acid groups (broad SMARTS) is 2. The van der Waals surface area contributed by atoms with Gasteiger partial charge in [-0.2, -0.15) is 0 Å². The third-order valence-electron chi connectivity index (χ3n) is 22.3. The van der Waals surface area contributed by atoms with Crippen molar-refractivity contribution < 1.29 is 87.2 Å². The first-order chi connectivity index (χ1) is 57.0. The number of aromatic nitrogens is 2. The predicted molar refractivity (Wildman–Crippen MR) is 461 cm³/mol. The minimum absolute atomic E-state index is 0.0298. The van der Waals surface area contributed by atoms with Crippen molar-refractivity contribution in [2.45, 2.75) is 267 Å². The van der Waals surface area contributed by atoms with Gasteiger partial charge in [0.1, 0.15) is 33.5 Å². The van der Waals surface area contributed by atoms with Crippen molar-refractivity contribution in [3.05, 3.63) is 133 Å². The minimum atomic E-state index is -0.971. The summed E-state index contributed by atoms with van der Waals surface area (Å²) in [7, 11) is 3.84. The summed E-state index contributed by atoms with van der Waals surface area (Å²) >= 11 is 2.28. The summed E-state index contributed by atoms with van der Waals surface area (Å²) in [5, 5.41) is 47.4. The average molecular weight is 1710 g/mol. The number of likely N-dealkylation sites (tertiary alicyclic amines) is 2. The molecule has 2 fully saturated rings. The Morgan fingerprint density at radius 3 is 1.27 bits per heavy atom. The monoisotopic (exact) mass is 1710 g/mol. The number of nitrogens with two attached hydrogens (primary N) is 1. The Morgan fingerprint density at radius 1 is 0.533 bits per heavy atom. The Bertz CT molecular complexity index is 4050. The van der Waals surface area contributed by atoms with E-state index in [4.69, 9.17) is 29.6 Å². The summed E-state index contributed by atoms with van der Waals surface area (Å²) in [4.78, 5) is 159. The van der Waals surface area contributed by atoms with E-state index in [-0.39, 0.29) is 111 Å². The Hall–Kier alpha value is -8.82. The number of amides is 6. The van der Waals surface area contributed by atoms with Crippen LogP contribution < -0.4 is 27.0 Å². The van der Waals surface area contributed by atoms with Crippen LogP contribution in [0.2, 0.25) is 0 Å². The number of esters is 2. The van der Waals surface area contributed by atoms with Gasteiger partial charge in [-0.1, -0.05) is 167 Å². The molecule has 29 nitrogen and oxygen atoms in total. The Kier molecular flexibility index (Phi) is 42.1. The summed E-state index contributed by atoms with van der Waals surface area (Å²) in [6.07, 6.45) is 6.61. The number of aliphatic hydroxyl groups excluding tert-OH is 1. The van der Waals surface area contributed by atoms with Gasteiger partial charge in [-0.25, -0.2) is 20.1 Å².